The molecule has 0 radical (unpaired) electrons. The van der Waals surface area contributed by atoms with E-state index in [1.54, 1.807) is 21.1 Å². The number of likely N-dealkylation sites (tertiary alicyclic amines) is 1. The van der Waals surface area contributed by atoms with Gasteiger partial charge in [0.15, 0.2) is 0 Å². The molecule has 2 heterocycles. The SMILES string of the molecule is CC[C@H](OC(=O)[C@@H]1CCCCN1C(=O)C(=O)[C@]1(O)O[C@H](C[C@H](OC)/C(C)=C/C=C/C=C/C(C)C)CC[C@H]1C)[C@H](C)C[C@@H]1CC[C@@H](O)[C@H](OC)C1. The van der Waals surface area contributed by atoms with E-state index in [0.717, 1.165) is 31.3 Å². The Kier molecular flexibility index (Phi) is 16.8. The number of nitrogens with zero attached hydrogens (tertiary/aromatic N) is 1. The summed E-state index contributed by atoms with van der Waals surface area (Å²) >= 11 is 0. The molecule has 284 valence electrons. The number of methoxy groups -OCH3 is 2. The van der Waals surface area contributed by atoms with Crippen molar-refractivity contribution in [3.63, 3.8) is 0 Å². The van der Waals surface area contributed by atoms with E-state index in [9.17, 15) is 24.6 Å². The van der Waals surface area contributed by atoms with Gasteiger partial charge in [0, 0.05) is 33.1 Å². The first-order chi connectivity index (χ1) is 23.7. The van der Waals surface area contributed by atoms with Crippen molar-refractivity contribution in [2.24, 2.45) is 23.7 Å². The van der Waals surface area contributed by atoms with E-state index >= 15 is 0 Å². The van der Waals surface area contributed by atoms with Gasteiger partial charge in [-0.2, -0.15) is 0 Å². The Morgan fingerprint density at radius 1 is 1.00 bits per heavy atom. The first-order valence-corrected chi connectivity index (χ1v) is 19.0. The Morgan fingerprint density at radius 2 is 1.74 bits per heavy atom. The third kappa shape index (κ3) is 11.3. The molecule has 0 aromatic carbocycles. The number of esters is 1. The summed E-state index contributed by atoms with van der Waals surface area (Å²) in [4.78, 5) is 42.7. The van der Waals surface area contributed by atoms with Crippen molar-refractivity contribution >= 4 is 17.7 Å². The molecule has 0 aromatic heterocycles. The monoisotopic (exact) mass is 703 g/mol. The fourth-order valence-corrected chi connectivity index (χ4v) is 7.75. The predicted octanol–water partition coefficient (Wildman–Crippen LogP) is 6.08. The molecule has 3 fully saturated rings. The number of allylic oxidation sites excluding steroid dienone is 5. The van der Waals surface area contributed by atoms with E-state index in [2.05, 4.69) is 26.8 Å². The highest BCUT2D eigenvalue weighted by Crippen LogP contribution is 2.37. The van der Waals surface area contributed by atoms with Gasteiger partial charge in [0.2, 0.25) is 5.79 Å². The minimum absolute atomic E-state index is 0.0670. The lowest BCUT2D eigenvalue weighted by Crippen LogP contribution is -2.60. The Bertz CT molecular complexity index is 1200. The number of carbonyl (C=O) groups is 3. The zero-order valence-electron chi connectivity index (χ0n) is 31.8. The summed E-state index contributed by atoms with van der Waals surface area (Å²) in [7, 11) is 3.24. The van der Waals surface area contributed by atoms with Crippen LogP contribution in [0.1, 0.15) is 112 Å². The summed E-state index contributed by atoms with van der Waals surface area (Å²) in [6, 6.07) is -0.906. The molecule has 2 saturated heterocycles. The number of ketones is 1. The van der Waals surface area contributed by atoms with E-state index in [1.165, 1.54) is 4.90 Å². The van der Waals surface area contributed by atoms with E-state index in [0.29, 0.717) is 56.8 Å². The Balaban J connectivity index is 1.66. The average Bonchev–Trinajstić information content (AvgIpc) is 3.10. The number of rotatable bonds is 16. The third-order valence-electron chi connectivity index (χ3n) is 11.0. The molecule has 3 aliphatic rings. The number of ether oxygens (including phenoxy) is 4. The highest BCUT2D eigenvalue weighted by Gasteiger charge is 2.53. The van der Waals surface area contributed by atoms with Crippen molar-refractivity contribution in [3.8, 4) is 0 Å². The zero-order valence-corrected chi connectivity index (χ0v) is 31.8. The van der Waals surface area contributed by atoms with Crippen molar-refractivity contribution < 1.29 is 43.5 Å². The van der Waals surface area contributed by atoms with Crippen molar-refractivity contribution in [1.82, 2.24) is 4.90 Å². The van der Waals surface area contributed by atoms with E-state index in [1.807, 2.05) is 38.2 Å². The number of aliphatic hydroxyl groups is 2. The summed E-state index contributed by atoms with van der Waals surface area (Å²) in [6.45, 7) is 12.2. The second kappa shape index (κ2) is 20.0. The first-order valence-electron chi connectivity index (χ1n) is 19.0. The van der Waals surface area contributed by atoms with Crippen LogP contribution in [-0.2, 0) is 33.3 Å². The number of aliphatic hydroxyl groups excluding tert-OH is 1. The number of amides is 1. The largest absolute Gasteiger partial charge is 0.461 e. The van der Waals surface area contributed by atoms with Crippen LogP contribution < -0.4 is 0 Å². The molecular formula is C40H65NO9. The summed E-state index contributed by atoms with van der Waals surface area (Å²) in [6.07, 6.45) is 15.3. The second-order valence-corrected chi connectivity index (χ2v) is 15.3. The lowest BCUT2D eigenvalue weighted by atomic mass is 9.79. The van der Waals surface area contributed by atoms with Gasteiger partial charge in [-0.15, -0.1) is 0 Å². The third-order valence-corrected chi connectivity index (χ3v) is 11.0. The molecule has 2 aliphatic heterocycles. The van der Waals surface area contributed by atoms with Gasteiger partial charge in [0.05, 0.1) is 24.4 Å². The van der Waals surface area contributed by atoms with Crippen molar-refractivity contribution in [2.75, 3.05) is 20.8 Å². The van der Waals surface area contributed by atoms with E-state index in [4.69, 9.17) is 18.9 Å². The summed E-state index contributed by atoms with van der Waals surface area (Å²) in [5, 5.41) is 21.9. The first kappa shape index (κ1) is 42.0. The highest BCUT2D eigenvalue weighted by molar-refractivity contribution is 6.39. The molecule has 0 unspecified atom stereocenters. The molecule has 3 rings (SSSR count). The van der Waals surface area contributed by atoms with Crippen LogP contribution in [0.3, 0.4) is 0 Å². The fourth-order valence-electron chi connectivity index (χ4n) is 7.75. The quantitative estimate of drug-likeness (QED) is 0.112. The molecule has 10 atom stereocenters. The minimum Gasteiger partial charge on any atom is -0.461 e. The lowest BCUT2D eigenvalue weighted by molar-refractivity contribution is -0.265. The van der Waals surface area contributed by atoms with Crippen molar-refractivity contribution in [2.45, 2.75) is 155 Å². The van der Waals surface area contributed by atoms with Crippen molar-refractivity contribution in [3.05, 3.63) is 36.0 Å². The van der Waals surface area contributed by atoms with Crippen LogP contribution in [-0.4, -0.2) is 95.9 Å². The van der Waals surface area contributed by atoms with Crippen LogP contribution in [0, 0.1) is 23.7 Å². The maximum atomic E-state index is 13.9. The number of Topliss-reactive ketones (excluding diaryl/α,β-unsaturated/α-hetero) is 1. The molecule has 50 heavy (non-hydrogen) atoms. The van der Waals surface area contributed by atoms with Crippen LogP contribution >= 0.6 is 0 Å². The van der Waals surface area contributed by atoms with Crippen LogP contribution in [0.4, 0.5) is 0 Å². The molecule has 1 aliphatic carbocycles. The average molecular weight is 704 g/mol. The zero-order chi connectivity index (χ0) is 37.0. The summed E-state index contributed by atoms with van der Waals surface area (Å²) in [5.41, 5.74) is 0.973. The number of piperidine rings is 1. The number of carbonyl (C=O) groups excluding carboxylic acids is 3. The van der Waals surface area contributed by atoms with Crippen LogP contribution in [0.25, 0.3) is 0 Å². The van der Waals surface area contributed by atoms with E-state index in [-0.39, 0.29) is 30.8 Å². The molecule has 0 aromatic rings. The topological polar surface area (TPSA) is 132 Å². The summed E-state index contributed by atoms with van der Waals surface area (Å²) < 4.78 is 23.4. The number of hydrogen-bond acceptors (Lipinski definition) is 9. The molecule has 0 bridgehead atoms. The Morgan fingerprint density at radius 3 is 2.40 bits per heavy atom. The van der Waals surface area contributed by atoms with Gasteiger partial charge in [-0.25, -0.2) is 4.79 Å². The smallest absolute Gasteiger partial charge is 0.329 e. The van der Waals surface area contributed by atoms with Gasteiger partial charge in [-0.05, 0) is 94.5 Å². The molecule has 0 spiro atoms. The highest BCUT2D eigenvalue weighted by atomic mass is 16.6. The van der Waals surface area contributed by atoms with Crippen LogP contribution in [0.2, 0.25) is 0 Å². The predicted molar refractivity (Wildman–Crippen MR) is 193 cm³/mol. The van der Waals surface area contributed by atoms with Gasteiger partial charge in [0.1, 0.15) is 12.1 Å². The Labute approximate surface area is 300 Å². The standard InChI is InChI=1S/C40H65NO9/c1-9-34(28(5)23-30-19-21-33(42)36(24-30)48-8)49-39(45)32-17-13-14-22-41(32)38(44)37(43)40(46)29(6)18-20-31(50-40)25-35(47-7)27(4)16-12-10-11-15-26(2)3/h10-12,15-16,26,28-36,42,46H,9,13-14,17-25H2,1-8H3/b12-10+,15-11+,27-16+/t28-,29-,30+,31+,32+,33-,34+,35+,36-,40-/m1/s1. The van der Waals surface area contributed by atoms with Gasteiger partial charge in [-0.3, -0.25) is 9.59 Å². The molecule has 10 nitrogen and oxygen atoms in total. The Hall–Kier alpha value is -2.37. The fraction of sp³-hybridized carbons (Fsp3) is 0.775. The maximum Gasteiger partial charge on any atom is 0.329 e. The summed E-state index contributed by atoms with van der Waals surface area (Å²) in [5.74, 6) is -4.49. The van der Waals surface area contributed by atoms with Crippen LogP contribution in [0.15, 0.2) is 36.0 Å². The van der Waals surface area contributed by atoms with Gasteiger partial charge >= 0.3 is 5.97 Å². The van der Waals surface area contributed by atoms with Crippen LogP contribution in [0.5, 0.6) is 0 Å². The van der Waals surface area contributed by atoms with Gasteiger partial charge in [-0.1, -0.05) is 65.0 Å². The molecule has 1 saturated carbocycles. The van der Waals surface area contributed by atoms with Gasteiger partial charge in [0.25, 0.3) is 11.7 Å². The lowest BCUT2D eigenvalue weighted by Gasteiger charge is -2.42. The van der Waals surface area contributed by atoms with Crippen molar-refractivity contribution in [1.29, 1.82) is 0 Å². The molecule has 2 N–H and O–H groups in total. The number of hydrogen-bond donors (Lipinski definition) is 2. The minimum atomic E-state index is -2.31. The second-order valence-electron chi connectivity index (χ2n) is 15.3. The molecular weight excluding hydrogens is 638 g/mol. The maximum absolute atomic E-state index is 13.9. The van der Waals surface area contributed by atoms with Gasteiger partial charge < -0.3 is 34.1 Å². The molecule has 10 heteroatoms. The normalized spacial score (nSPS) is 31.6. The molecule has 1 amide bonds. The van der Waals surface area contributed by atoms with E-state index < -0.39 is 47.6 Å².